The summed E-state index contributed by atoms with van der Waals surface area (Å²) in [6.45, 7) is -1.85. The van der Waals surface area contributed by atoms with Crippen LogP contribution in [0.3, 0.4) is 0 Å². The van der Waals surface area contributed by atoms with Crippen LogP contribution in [-0.4, -0.2) is 33.5 Å². The third-order valence-electron chi connectivity index (χ3n) is 5.96. The molecule has 15 heteroatoms. The predicted octanol–water partition coefficient (Wildman–Crippen LogP) is 12.1. The molecule has 1 rings (SSSR count). The lowest BCUT2D eigenvalue weighted by atomic mass is 9.86. The summed E-state index contributed by atoms with van der Waals surface area (Å²) >= 11 is 65.5. The Balaban J connectivity index is 3.79. The van der Waals surface area contributed by atoms with Crippen molar-refractivity contribution in [1.29, 1.82) is 0 Å². The molecule has 0 nitrogen and oxygen atoms in total. The third-order valence-corrected chi connectivity index (χ3v) is 17.3. The first kappa shape index (κ1) is 37.2. The fourth-order valence-electron chi connectivity index (χ4n) is 4.07. The van der Waals surface area contributed by atoms with Gasteiger partial charge in [-0.05, 0) is 123 Å². The molecule has 0 saturated carbocycles. The fourth-order valence-corrected chi connectivity index (χ4v) is 10.4. The molecule has 0 aliphatic carbocycles. The predicted molar refractivity (Wildman–Crippen MR) is 186 cm³/mol. The van der Waals surface area contributed by atoms with Gasteiger partial charge < -0.3 is 0 Å². The maximum absolute atomic E-state index is 6.58. The van der Waals surface area contributed by atoms with Gasteiger partial charge in [-0.3, -0.25) is 0 Å². The van der Waals surface area contributed by atoms with Gasteiger partial charge in [-0.15, -0.1) is 111 Å². The first-order valence-electron chi connectivity index (χ1n) is 12.0. The Morgan fingerprint density at radius 2 is 0.611 bits per heavy atom. The van der Waals surface area contributed by atoms with Crippen LogP contribution in [0, 0.1) is 0 Å². The van der Waals surface area contributed by atoms with Gasteiger partial charge in [0.25, 0.3) is 0 Å². The first-order chi connectivity index (χ1) is 16.0. The Hall–Kier alpha value is 3.20. The van der Waals surface area contributed by atoms with Crippen molar-refractivity contribution in [3.05, 3.63) is 33.9 Å². The zero-order chi connectivity index (χ0) is 28.2. The van der Waals surface area contributed by atoms with E-state index in [4.69, 9.17) is 111 Å². The molecule has 0 fully saturated rings. The summed E-state index contributed by atoms with van der Waals surface area (Å²) in [5, 5.41) is 0. The molecule has 0 aliphatic rings. The second kappa shape index (κ2) is 15.1. The summed E-state index contributed by atoms with van der Waals surface area (Å²) in [5.41, 5.74) is 6.31. The van der Waals surface area contributed by atoms with Gasteiger partial charge in [0.05, 0.1) is 0 Å². The van der Waals surface area contributed by atoms with Crippen LogP contribution in [-0.2, 0) is 32.1 Å². The van der Waals surface area contributed by atoms with Gasteiger partial charge in [0.2, 0.25) is 33.5 Å². The summed E-state index contributed by atoms with van der Waals surface area (Å²) < 4.78 is 0. The monoisotopic (exact) mass is 778 g/mol. The quantitative estimate of drug-likeness (QED) is 0.123. The number of halogens is 10. The van der Waals surface area contributed by atoms with Crippen LogP contribution in [0.25, 0.3) is 0 Å². The van der Waals surface area contributed by atoms with Crippen molar-refractivity contribution >= 4 is 144 Å². The highest BCUT2D eigenvalue weighted by Crippen LogP contribution is 2.37. The minimum Gasteiger partial charge on any atom is -0.146 e. The molecule has 0 radical (unpaired) electrons. The number of aryl methyl sites for hydroxylation is 2. The first-order valence-corrected chi connectivity index (χ1v) is 35.7. The van der Waals surface area contributed by atoms with Crippen molar-refractivity contribution in [2.45, 2.75) is 95.1 Å². The van der Waals surface area contributed by atoms with Crippen molar-refractivity contribution in [3.8, 4) is 0 Å². The Bertz CT molecular complexity index is 791. The summed E-state index contributed by atoms with van der Waals surface area (Å²) in [6.07, 6.45) is 3.93. The van der Waals surface area contributed by atoms with E-state index in [-0.39, 0.29) is 0 Å². The lowest BCUT2D eigenvalue weighted by Crippen LogP contribution is -2.22. The summed E-state index contributed by atoms with van der Waals surface area (Å²) in [4.78, 5) is 0. The molecule has 0 aromatic heterocycles. The average Bonchev–Trinajstić information content (AvgIpc) is 2.63. The third kappa shape index (κ3) is 17.2. The van der Waals surface area contributed by atoms with Gasteiger partial charge in [-0.2, -0.15) is 0 Å². The highest BCUT2D eigenvalue weighted by Gasteiger charge is 2.30. The number of benzene rings is 1. The van der Waals surface area contributed by atoms with E-state index in [2.05, 4.69) is 6.07 Å². The Morgan fingerprint density at radius 1 is 0.389 bits per heavy atom. The zero-order valence-corrected chi connectivity index (χ0v) is 34.0. The summed E-state index contributed by atoms with van der Waals surface area (Å²) in [7, 11) is 0. The van der Waals surface area contributed by atoms with Gasteiger partial charge in [0, 0.05) is 0 Å². The van der Waals surface area contributed by atoms with Gasteiger partial charge in [0.1, 0.15) is 0 Å². The average molecular weight is 783 g/mol. The van der Waals surface area contributed by atoms with E-state index in [9.17, 15) is 0 Å². The molecule has 0 spiro atoms. The van der Waals surface area contributed by atoms with Crippen LogP contribution in [0.5, 0.6) is 0 Å². The lowest BCUT2D eigenvalue weighted by Gasteiger charge is -2.27. The molecule has 0 N–H and O–H groups in total. The molecule has 0 unspecified atom stereocenters. The molecule has 0 atom stereocenters. The van der Waals surface area contributed by atoms with Crippen LogP contribution in [0.1, 0.15) is 27.8 Å². The highest BCUT2D eigenvalue weighted by atomic mass is 35.7. The molecule has 36 heavy (non-hydrogen) atoms. The number of hydrogen-bond acceptors (Lipinski definition) is 0. The summed E-state index contributed by atoms with van der Waals surface area (Å²) in [6, 6.07) is 6.03. The maximum Gasteiger partial charge on any atom is 0.248 e. The number of hydrogen-bond donors (Lipinski definition) is 0. The second-order valence-corrected chi connectivity index (χ2v) is 51.6. The zero-order valence-electron chi connectivity index (χ0n) is 21.4. The van der Waals surface area contributed by atoms with Crippen LogP contribution in [0.2, 0.25) is 63.0 Å². The van der Waals surface area contributed by atoms with Gasteiger partial charge in [0.15, 0.2) is 0 Å². The molecule has 1 aromatic rings. The van der Waals surface area contributed by atoms with Crippen LogP contribution < -0.4 is 0 Å². The van der Waals surface area contributed by atoms with Crippen LogP contribution >= 0.6 is 111 Å². The lowest BCUT2D eigenvalue weighted by molar-refractivity contribution is 0.903. The van der Waals surface area contributed by atoms with Gasteiger partial charge in [-0.25, -0.2) is 0 Å². The maximum atomic E-state index is 6.58. The van der Waals surface area contributed by atoms with Gasteiger partial charge >= 0.3 is 0 Å². The van der Waals surface area contributed by atoms with Crippen molar-refractivity contribution in [2.24, 2.45) is 0 Å². The largest absolute Gasteiger partial charge is 0.248 e. The minimum absolute atomic E-state index is 0.737. The number of rotatable bonds is 15. The van der Waals surface area contributed by atoms with E-state index in [1.54, 1.807) is 0 Å². The SMILES string of the molecule is C[Si](Cl)(Cl)CCc1cc(CC[Si](C)(Cl)Cl)c(CC[Si](C)(Cl)Cl)c(CC[Si](C)(Cl)Cl)c1CC[Si](C)(Cl)Cl. The van der Waals surface area contributed by atoms with E-state index in [0.717, 1.165) is 62.3 Å². The molecule has 0 amide bonds. The molecule has 0 bridgehead atoms. The molecular formula is C21H36Cl10Si5. The van der Waals surface area contributed by atoms with E-state index in [1.165, 1.54) is 27.8 Å². The van der Waals surface area contributed by atoms with Crippen molar-refractivity contribution in [2.75, 3.05) is 0 Å². The highest BCUT2D eigenvalue weighted by molar-refractivity contribution is 7.46. The Kier molecular flexibility index (Phi) is 15.6. The smallest absolute Gasteiger partial charge is 0.146 e. The van der Waals surface area contributed by atoms with Crippen molar-refractivity contribution in [1.82, 2.24) is 0 Å². The molecule has 1 aromatic carbocycles. The van der Waals surface area contributed by atoms with Gasteiger partial charge in [-0.1, -0.05) is 6.07 Å². The van der Waals surface area contributed by atoms with E-state index >= 15 is 0 Å². The normalized spacial score (nSPS) is 14.0. The molecular weight excluding hydrogens is 747 g/mol. The molecule has 0 saturated heterocycles. The summed E-state index contributed by atoms with van der Waals surface area (Å²) in [5.74, 6) is 0. The van der Waals surface area contributed by atoms with E-state index < -0.39 is 33.5 Å². The fraction of sp³-hybridized carbons (Fsp3) is 0.714. The molecule has 210 valence electrons. The topological polar surface area (TPSA) is 0 Å². The Labute approximate surface area is 270 Å². The van der Waals surface area contributed by atoms with Crippen molar-refractivity contribution < 1.29 is 0 Å². The van der Waals surface area contributed by atoms with E-state index in [0.29, 0.717) is 0 Å². The molecule has 0 heterocycles. The minimum atomic E-state index is -2.35. The molecule has 0 aliphatic heterocycles. The van der Waals surface area contributed by atoms with Crippen LogP contribution in [0.4, 0.5) is 0 Å². The standard InChI is InChI=1S/C21H36Cl10Si5/c1-32(22,23)11-6-17-16-18(7-12-33(2,24)25)20(9-14-35(4,28)29)21(10-15-36(5,30)31)19(17)8-13-34(3,26)27/h16H,6-15H2,1-5H3. The van der Waals surface area contributed by atoms with Crippen molar-refractivity contribution in [3.63, 3.8) is 0 Å². The second-order valence-electron chi connectivity index (χ2n) is 10.5. The Morgan fingerprint density at radius 3 is 0.861 bits per heavy atom. The van der Waals surface area contributed by atoms with E-state index in [1.807, 2.05) is 32.7 Å². The van der Waals surface area contributed by atoms with Crippen LogP contribution in [0.15, 0.2) is 6.07 Å².